The number of benzene rings is 1. The van der Waals surface area contributed by atoms with Gasteiger partial charge < -0.3 is 10.5 Å². The summed E-state index contributed by atoms with van der Waals surface area (Å²) in [4.78, 5) is 0. The van der Waals surface area contributed by atoms with Crippen LogP contribution in [0.4, 0.5) is 0 Å². The fourth-order valence-corrected chi connectivity index (χ4v) is 1.91. The van der Waals surface area contributed by atoms with Crippen molar-refractivity contribution in [1.29, 1.82) is 0 Å². The molecule has 0 saturated carbocycles. The van der Waals surface area contributed by atoms with E-state index in [4.69, 9.17) is 10.5 Å². The number of rotatable bonds is 3. The predicted molar refractivity (Wildman–Crippen MR) is 67.4 cm³/mol. The average Bonchev–Trinajstić information content (AvgIpc) is 2.10. The normalized spacial score (nSPS) is 11.6. The zero-order valence-electron chi connectivity index (χ0n) is 9.73. The van der Waals surface area contributed by atoms with Gasteiger partial charge in [-0.05, 0) is 50.5 Å². The summed E-state index contributed by atoms with van der Waals surface area (Å²) in [5, 5.41) is 0. The molecule has 0 spiro atoms. The van der Waals surface area contributed by atoms with Gasteiger partial charge in [0.15, 0.2) is 0 Å². The smallest absolute Gasteiger partial charge is 0.119 e. The Morgan fingerprint density at radius 1 is 1.40 bits per heavy atom. The fourth-order valence-electron chi connectivity index (χ4n) is 1.54. The first-order chi connectivity index (χ1) is 6.83. The number of hydrogen-bond acceptors (Lipinski definition) is 2. The Morgan fingerprint density at radius 3 is 2.47 bits per heavy atom. The quantitative estimate of drug-likeness (QED) is 0.917. The van der Waals surface area contributed by atoms with Gasteiger partial charge in [0.1, 0.15) is 5.75 Å². The molecule has 15 heavy (non-hydrogen) atoms. The fraction of sp³-hybridized carbons (Fsp3) is 0.500. The minimum atomic E-state index is -0.207. The van der Waals surface area contributed by atoms with Crippen LogP contribution in [0.3, 0.4) is 0 Å². The standard InChI is InChI=1S/C12H18BrNO/c1-8-5-10(15-4)6-9(11(8)13)7-12(2,3)14/h5-6H,7,14H2,1-4H3. The molecule has 0 atom stereocenters. The number of methoxy groups -OCH3 is 1. The Morgan fingerprint density at radius 2 is 2.00 bits per heavy atom. The van der Waals surface area contributed by atoms with E-state index in [1.807, 2.05) is 26.0 Å². The third-order valence-electron chi connectivity index (χ3n) is 2.19. The maximum atomic E-state index is 6.02. The van der Waals surface area contributed by atoms with Crippen LogP contribution in [0, 0.1) is 6.92 Å². The Hall–Kier alpha value is -0.540. The van der Waals surface area contributed by atoms with Crippen molar-refractivity contribution in [3.63, 3.8) is 0 Å². The van der Waals surface area contributed by atoms with Crippen LogP contribution in [0.1, 0.15) is 25.0 Å². The molecule has 0 bridgehead atoms. The molecule has 0 unspecified atom stereocenters. The molecule has 84 valence electrons. The molecule has 0 amide bonds. The van der Waals surface area contributed by atoms with Crippen LogP contribution in [0.5, 0.6) is 5.75 Å². The van der Waals surface area contributed by atoms with Gasteiger partial charge in [0, 0.05) is 10.0 Å². The van der Waals surface area contributed by atoms with Gasteiger partial charge >= 0.3 is 0 Å². The van der Waals surface area contributed by atoms with Gasteiger partial charge in [-0.15, -0.1) is 0 Å². The highest BCUT2D eigenvalue weighted by Gasteiger charge is 2.15. The summed E-state index contributed by atoms with van der Waals surface area (Å²) in [6.07, 6.45) is 0.825. The highest BCUT2D eigenvalue weighted by Crippen LogP contribution is 2.29. The highest BCUT2D eigenvalue weighted by molar-refractivity contribution is 9.10. The monoisotopic (exact) mass is 271 g/mol. The van der Waals surface area contributed by atoms with Gasteiger partial charge in [0.25, 0.3) is 0 Å². The van der Waals surface area contributed by atoms with E-state index in [2.05, 4.69) is 22.9 Å². The van der Waals surface area contributed by atoms with Crippen molar-refractivity contribution in [3.8, 4) is 5.75 Å². The molecule has 3 heteroatoms. The zero-order chi connectivity index (χ0) is 11.6. The zero-order valence-corrected chi connectivity index (χ0v) is 11.3. The molecular weight excluding hydrogens is 254 g/mol. The third-order valence-corrected chi connectivity index (χ3v) is 3.32. The van der Waals surface area contributed by atoms with E-state index in [0.717, 1.165) is 16.6 Å². The summed E-state index contributed by atoms with van der Waals surface area (Å²) in [5.74, 6) is 0.884. The Balaban J connectivity index is 3.11. The van der Waals surface area contributed by atoms with E-state index in [1.54, 1.807) is 7.11 Å². The van der Waals surface area contributed by atoms with E-state index < -0.39 is 0 Å². The summed E-state index contributed by atoms with van der Waals surface area (Å²) in [6.45, 7) is 6.10. The number of aryl methyl sites for hydroxylation is 1. The van der Waals surface area contributed by atoms with Crippen LogP contribution in [0.15, 0.2) is 16.6 Å². The van der Waals surface area contributed by atoms with Crippen molar-refractivity contribution in [1.82, 2.24) is 0 Å². The molecular formula is C12H18BrNO. The van der Waals surface area contributed by atoms with Gasteiger partial charge in [0.05, 0.1) is 7.11 Å². The first-order valence-electron chi connectivity index (χ1n) is 4.95. The topological polar surface area (TPSA) is 35.2 Å². The van der Waals surface area contributed by atoms with Crippen molar-refractivity contribution >= 4 is 15.9 Å². The molecule has 2 N–H and O–H groups in total. The van der Waals surface area contributed by atoms with Crippen LogP contribution in [0.25, 0.3) is 0 Å². The predicted octanol–water partition coefficient (Wildman–Crippen LogP) is 3.05. The molecule has 0 aliphatic heterocycles. The maximum Gasteiger partial charge on any atom is 0.119 e. The molecule has 0 fully saturated rings. The number of hydrogen-bond donors (Lipinski definition) is 1. The summed E-state index contributed by atoms with van der Waals surface area (Å²) in [7, 11) is 1.68. The van der Waals surface area contributed by atoms with E-state index in [0.29, 0.717) is 0 Å². The Labute approximate surface area is 99.9 Å². The van der Waals surface area contributed by atoms with Crippen molar-refractivity contribution < 1.29 is 4.74 Å². The van der Waals surface area contributed by atoms with Crippen molar-refractivity contribution in [3.05, 3.63) is 27.7 Å². The lowest BCUT2D eigenvalue weighted by atomic mass is 9.95. The van der Waals surface area contributed by atoms with Crippen molar-refractivity contribution in [2.75, 3.05) is 7.11 Å². The molecule has 1 rings (SSSR count). The first kappa shape index (κ1) is 12.5. The summed E-state index contributed by atoms with van der Waals surface area (Å²) < 4.78 is 6.37. The minimum Gasteiger partial charge on any atom is -0.497 e. The molecule has 0 heterocycles. The summed E-state index contributed by atoms with van der Waals surface area (Å²) in [5.41, 5.74) is 8.18. The molecule has 1 aromatic carbocycles. The van der Waals surface area contributed by atoms with Crippen LogP contribution in [-0.2, 0) is 6.42 Å². The molecule has 0 aliphatic carbocycles. The van der Waals surface area contributed by atoms with Crippen LogP contribution < -0.4 is 10.5 Å². The number of nitrogens with two attached hydrogens (primary N) is 1. The molecule has 0 saturated heterocycles. The Kier molecular flexibility index (Phi) is 3.79. The van der Waals surface area contributed by atoms with Crippen LogP contribution in [0.2, 0.25) is 0 Å². The first-order valence-corrected chi connectivity index (χ1v) is 5.74. The van der Waals surface area contributed by atoms with E-state index in [9.17, 15) is 0 Å². The number of halogens is 1. The SMILES string of the molecule is COc1cc(C)c(Br)c(CC(C)(C)N)c1. The lowest BCUT2D eigenvalue weighted by Gasteiger charge is -2.20. The Bertz CT molecular complexity index is 355. The maximum absolute atomic E-state index is 6.02. The van der Waals surface area contributed by atoms with Crippen LogP contribution in [-0.4, -0.2) is 12.6 Å². The second kappa shape index (κ2) is 4.54. The average molecular weight is 272 g/mol. The van der Waals surface area contributed by atoms with Gasteiger partial charge in [-0.25, -0.2) is 0 Å². The lowest BCUT2D eigenvalue weighted by Crippen LogP contribution is -2.34. The highest BCUT2D eigenvalue weighted by atomic mass is 79.9. The molecule has 0 radical (unpaired) electrons. The molecule has 2 nitrogen and oxygen atoms in total. The second-order valence-corrected chi connectivity index (χ2v) is 5.38. The minimum absolute atomic E-state index is 0.207. The van der Waals surface area contributed by atoms with Crippen molar-refractivity contribution in [2.45, 2.75) is 32.7 Å². The largest absolute Gasteiger partial charge is 0.497 e. The summed E-state index contributed by atoms with van der Waals surface area (Å²) in [6, 6.07) is 4.04. The lowest BCUT2D eigenvalue weighted by molar-refractivity contribution is 0.413. The van der Waals surface area contributed by atoms with Gasteiger partial charge in [-0.1, -0.05) is 15.9 Å². The van der Waals surface area contributed by atoms with E-state index in [-0.39, 0.29) is 5.54 Å². The third kappa shape index (κ3) is 3.50. The summed E-state index contributed by atoms with van der Waals surface area (Å²) >= 11 is 3.59. The van der Waals surface area contributed by atoms with Crippen LogP contribution >= 0.6 is 15.9 Å². The van der Waals surface area contributed by atoms with Gasteiger partial charge in [-0.2, -0.15) is 0 Å². The van der Waals surface area contributed by atoms with Crippen molar-refractivity contribution in [2.24, 2.45) is 5.73 Å². The number of ether oxygens (including phenoxy) is 1. The molecule has 0 aliphatic rings. The van der Waals surface area contributed by atoms with E-state index in [1.165, 1.54) is 11.1 Å². The molecule has 1 aromatic rings. The second-order valence-electron chi connectivity index (χ2n) is 4.58. The van der Waals surface area contributed by atoms with Gasteiger partial charge in [0.2, 0.25) is 0 Å². The van der Waals surface area contributed by atoms with E-state index >= 15 is 0 Å². The van der Waals surface area contributed by atoms with Gasteiger partial charge in [-0.3, -0.25) is 0 Å². The molecule has 0 aromatic heterocycles.